The van der Waals surface area contributed by atoms with E-state index in [2.05, 4.69) is 4.72 Å². The predicted molar refractivity (Wildman–Crippen MR) is 50.6 cm³/mol. The molecule has 13 heavy (non-hydrogen) atoms. The molecule has 0 rings (SSSR count). The van der Waals surface area contributed by atoms with E-state index in [0.717, 1.165) is 0 Å². The Morgan fingerprint density at radius 2 is 2.08 bits per heavy atom. The van der Waals surface area contributed by atoms with Crippen LogP contribution in [0.1, 0.15) is 6.92 Å². The summed E-state index contributed by atoms with van der Waals surface area (Å²) in [6, 6.07) is 1.72. The maximum atomic E-state index is 11.0. The molecule has 0 aliphatic heterocycles. The third-order valence-corrected chi connectivity index (χ3v) is 2.85. The lowest BCUT2D eigenvalue weighted by atomic mass is 10.3. The Hall–Kier alpha value is -0.640. The van der Waals surface area contributed by atoms with E-state index in [-0.39, 0.29) is 6.04 Å². The van der Waals surface area contributed by atoms with Crippen LogP contribution < -0.4 is 4.72 Å². The van der Waals surface area contributed by atoms with Crippen molar-refractivity contribution in [2.45, 2.75) is 13.0 Å². The Bertz CT molecular complexity index is 279. The summed E-state index contributed by atoms with van der Waals surface area (Å²) >= 11 is 0. The molecule has 6 heteroatoms. The van der Waals surface area contributed by atoms with Crippen LogP contribution in [0.15, 0.2) is 0 Å². The van der Waals surface area contributed by atoms with E-state index in [1.165, 1.54) is 0 Å². The molecule has 0 aliphatic rings. The maximum absolute atomic E-state index is 11.0. The minimum Gasteiger partial charge on any atom is -0.305 e. The lowest BCUT2D eigenvalue weighted by molar-refractivity contribution is 0.314. The van der Waals surface area contributed by atoms with Crippen molar-refractivity contribution in [3.8, 4) is 6.07 Å². The molecule has 0 heterocycles. The van der Waals surface area contributed by atoms with Gasteiger partial charge in [-0.1, -0.05) is 0 Å². The van der Waals surface area contributed by atoms with Gasteiger partial charge in [0.2, 0.25) is 10.0 Å². The van der Waals surface area contributed by atoms with Crippen LogP contribution in [0.4, 0.5) is 0 Å². The average Bonchev–Trinajstić information content (AvgIpc) is 2.00. The predicted octanol–water partition coefficient (Wildman–Crippen LogP) is -0.621. The third kappa shape index (κ3) is 5.58. The number of nitriles is 1. The Morgan fingerprint density at radius 1 is 1.54 bits per heavy atom. The second-order valence-corrected chi connectivity index (χ2v) is 4.89. The molecule has 0 spiro atoms. The van der Waals surface area contributed by atoms with E-state index in [9.17, 15) is 8.42 Å². The summed E-state index contributed by atoms with van der Waals surface area (Å²) in [6.07, 6.45) is 0. The fraction of sp³-hybridized carbons (Fsp3) is 0.857. The molecule has 1 N–H and O–H groups in total. The van der Waals surface area contributed by atoms with Gasteiger partial charge in [-0.3, -0.25) is 0 Å². The van der Waals surface area contributed by atoms with Gasteiger partial charge in [0.05, 0.1) is 6.07 Å². The van der Waals surface area contributed by atoms with Gasteiger partial charge in [0.15, 0.2) is 5.75 Å². The van der Waals surface area contributed by atoms with Crippen LogP contribution in [0.5, 0.6) is 0 Å². The summed E-state index contributed by atoms with van der Waals surface area (Å²) in [7, 11) is 0.331. The number of rotatable bonds is 5. The summed E-state index contributed by atoms with van der Waals surface area (Å²) in [5, 5.41) is 8.20. The lowest BCUT2D eigenvalue weighted by Crippen LogP contribution is -2.38. The number of nitrogens with one attached hydrogen (secondary N) is 1. The first-order valence-corrected chi connectivity index (χ1v) is 5.55. The molecular formula is C7H15N3O2S. The van der Waals surface area contributed by atoms with Crippen LogP contribution in [0.2, 0.25) is 0 Å². The second-order valence-electron chi connectivity index (χ2n) is 3.08. The molecule has 5 nitrogen and oxygen atoms in total. The Morgan fingerprint density at radius 3 is 2.46 bits per heavy atom. The van der Waals surface area contributed by atoms with Crippen molar-refractivity contribution in [1.29, 1.82) is 5.26 Å². The molecule has 0 aromatic heterocycles. The van der Waals surface area contributed by atoms with Gasteiger partial charge < -0.3 is 4.90 Å². The molecule has 0 saturated heterocycles. The first-order valence-electron chi connectivity index (χ1n) is 3.90. The summed E-state index contributed by atoms with van der Waals surface area (Å²) in [5.41, 5.74) is 0. The van der Waals surface area contributed by atoms with Gasteiger partial charge in [0.1, 0.15) is 0 Å². The maximum Gasteiger partial charge on any atom is 0.225 e. The highest BCUT2D eigenvalue weighted by atomic mass is 32.2. The van der Waals surface area contributed by atoms with E-state index in [4.69, 9.17) is 5.26 Å². The molecule has 0 saturated carbocycles. The third-order valence-electron chi connectivity index (χ3n) is 1.73. The van der Waals surface area contributed by atoms with Crippen molar-refractivity contribution in [3.05, 3.63) is 0 Å². The molecule has 0 aromatic rings. The lowest BCUT2D eigenvalue weighted by Gasteiger charge is -2.19. The topological polar surface area (TPSA) is 73.2 Å². The molecule has 0 fully saturated rings. The van der Waals surface area contributed by atoms with Gasteiger partial charge in [-0.2, -0.15) is 5.26 Å². The minimum absolute atomic E-state index is 0.119. The van der Waals surface area contributed by atoms with Crippen LogP contribution in [0, 0.1) is 11.3 Å². The highest BCUT2D eigenvalue weighted by Gasteiger charge is 2.11. The zero-order valence-corrected chi connectivity index (χ0v) is 8.93. The van der Waals surface area contributed by atoms with Crippen molar-refractivity contribution >= 4 is 10.0 Å². The Labute approximate surface area is 79.4 Å². The Balaban J connectivity index is 3.97. The number of likely N-dealkylation sites (N-methyl/N-ethyl adjacent to an activating group) is 1. The van der Waals surface area contributed by atoms with E-state index in [1.807, 2.05) is 25.9 Å². The monoisotopic (exact) mass is 205 g/mol. The first kappa shape index (κ1) is 12.4. The van der Waals surface area contributed by atoms with Crippen LogP contribution in [-0.4, -0.2) is 45.8 Å². The molecule has 0 bridgehead atoms. The van der Waals surface area contributed by atoms with Gasteiger partial charge in [-0.25, -0.2) is 13.1 Å². The van der Waals surface area contributed by atoms with E-state index < -0.39 is 15.8 Å². The van der Waals surface area contributed by atoms with Gasteiger partial charge in [0.25, 0.3) is 0 Å². The van der Waals surface area contributed by atoms with Crippen LogP contribution >= 0.6 is 0 Å². The standard InChI is InChI=1S/C7H15N3O2S/c1-7(10(2)3)6-9-13(11,12)5-4-8/h7,9H,5-6H2,1-3H3. The van der Waals surface area contributed by atoms with Crippen molar-refractivity contribution in [2.24, 2.45) is 0 Å². The van der Waals surface area contributed by atoms with Crippen LogP contribution in [-0.2, 0) is 10.0 Å². The van der Waals surface area contributed by atoms with Crippen molar-refractivity contribution in [1.82, 2.24) is 9.62 Å². The average molecular weight is 205 g/mol. The molecule has 0 radical (unpaired) electrons. The summed E-state index contributed by atoms with van der Waals surface area (Å²) < 4.78 is 24.4. The van der Waals surface area contributed by atoms with Gasteiger partial charge in [0, 0.05) is 12.6 Å². The first-order chi connectivity index (χ1) is 5.89. The molecule has 76 valence electrons. The molecule has 0 aliphatic carbocycles. The zero-order valence-electron chi connectivity index (χ0n) is 8.11. The largest absolute Gasteiger partial charge is 0.305 e. The number of hydrogen-bond acceptors (Lipinski definition) is 4. The number of nitrogens with zero attached hydrogens (tertiary/aromatic N) is 2. The summed E-state index contributed by atoms with van der Waals surface area (Å²) in [6.45, 7) is 2.23. The minimum atomic E-state index is -3.40. The molecule has 0 amide bonds. The van der Waals surface area contributed by atoms with Gasteiger partial charge >= 0.3 is 0 Å². The van der Waals surface area contributed by atoms with Crippen LogP contribution in [0.3, 0.4) is 0 Å². The van der Waals surface area contributed by atoms with Crippen LogP contribution in [0.25, 0.3) is 0 Å². The fourth-order valence-corrected chi connectivity index (χ4v) is 1.33. The number of hydrogen-bond donors (Lipinski definition) is 1. The highest BCUT2D eigenvalue weighted by molar-refractivity contribution is 7.89. The highest BCUT2D eigenvalue weighted by Crippen LogP contribution is 1.90. The zero-order chi connectivity index (χ0) is 10.5. The van der Waals surface area contributed by atoms with Crippen molar-refractivity contribution < 1.29 is 8.42 Å². The SMILES string of the molecule is CC(CNS(=O)(=O)CC#N)N(C)C. The molecule has 1 atom stereocenters. The van der Waals surface area contributed by atoms with E-state index in [0.29, 0.717) is 6.54 Å². The van der Waals surface area contributed by atoms with Gasteiger partial charge in [-0.05, 0) is 21.0 Å². The molecule has 0 aromatic carbocycles. The number of sulfonamides is 1. The molecular weight excluding hydrogens is 190 g/mol. The molecule has 1 unspecified atom stereocenters. The summed E-state index contributed by atoms with van der Waals surface area (Å²) in [4.78, 5) is 1.90. The normalized spacial score (nSPS) is 14.1. The van der Waals surface area contributed by atoms with Gasteiger partial charge in [-0.15, -0.1) is 0 Å². The van der Waals surface area contributed by atoms with Crippen molar-refractivity contribution in [2.75, 3.05) is 26.4 Å². The smallest absolute Gasteiger partial charge is 0.225 e. The van der Waals surface area contributed by atoms with E-state index in [1.54, 1.807) is 6.07 Å². The summed E-state index contributed by atoms with van der Waals surface area (Å²) in [5.74, 6) is -0.479. The fourth-order valence-electron chi connectivity index (χ4n) is 0.566. The van der Waals surface area contributed by atoms with E-state index >= 15 is 0 Å². The second kappa shape index (κ2) is 5.17. The van der Waals surface area contributed by atoms with Crippen molar-refractivity contribution in [3.63, 3.8) is 0 Å². The Kier molecular flexibility index (Phi) is 4.91. The quantitative estimate of drug-likeness (QED) is 0.649.